The predicted octanol–water partition coefficient (Wildman–Crippen LogP) is 2.66. The first kappa shape index (κ1) is 17.6. The smallest absolute Gasteiger partial charge is 0.226 e. The van der Waals surface area contributed by atoms with Gasteiger partial charge in [0.25, 0.3) is 0 Å². The Kier molecular flexibility index (Phi) is 6.24. The number of amides is 1. The van der Waals surface area contributed by atoms with Gasteiger partial charge in [-0.2, -0.15) is 0 Å². The zero-order valence-electron chi connectivity index (χ0n) is 13.6. The number of aromatic nitrogens is 2. The van der Waals surface area contributed by atoms with E-state index in [2.05, 4.69) is 15.3 Å². The number of hydrogen-bond donors (Lipinski definition) is 2. The summed E-state index contributed by atoms with van der Waals surface area (Å²) in [4.78, 5) is 20.7. The topological polar surface area (TPSA) is 75.1 Å². The minimum atomic E-state index is -0.0861. The number of carbonyl (C=O) groups is 1. The van der Waals surface area contributed by atoms with Crippen molar-refractivity contribution in [1.82, 2.24) is 15.3 Å². The number of nitrogens with one attached hydrogen (secondary N) is 1. The van der Waals surface area contributed by atoms with E-state index in [1.807, 2.05) is 37.4 Å². The molecule has 0 aromatic carbocycles. The van der Waals surface area contributed by atoms with Crippen LogP contribution in [-0.2, 0) is 11.2 Å². The van der Waals surface area contributed by atoms with Gasteiger partial charge in [0.1, 0.15) is 5.01 Å². The van der Waals surface area contributed by atoms with Crippen molar-refractivity contribution in [3.8, 4) is 10.7 Å². The number of pyridine rings is 1. The second-order valence-corrected chi connectivity index (χ2v) is 7.17. The Bertz CT molecular complexity index is 626. The first-order valence-corrected chi connectivity index (χ1v) is 8.61. The number of aliphatic hydroxyl groups excluding tert-OH is 1. The highest BCUT2D eigenvalue weighted by Gasteiger charge is 2.15. The van der Waals surface area contributed by atoms with Gasteiger partial charge < -0.3 is 10.4 Å². The van der Waals surface area contributed by atoms with Crippen molar-refractivity contribution >= 4 is 17.2 Å². The van der Waals surface area contributed by atoms with Gasteiger partial charge in [-0.15, -0.1) is 11.3 Å². The lowest BCUT2D eigenvalue weighted by Gasteiger charge is -2.21. The number of aliphatic hydroxyl groups is 1. The molecule has 0 aliphatic heterocycles. The summed E-state index contributed by atoms with van der Waals surface area (Å²) in [6.07, 6.45) is 3.75. The highest BCUT2D eigenvalue weighted by atomic mass is 32.1. The van der Waals surface area contributed by atoms with Crippen molar-refractivity contribution in [3.63, 3.8) is 0 Å². The third kappa shape index (κ3) is 5.73. The molecule has 0 aliphatic carbocycles. The fraction of sp³-hybridized carbons (Fsp3) is 0.471. The van der Waals surface area contributed by atoms with E-state index in [-0.39, 0.29) is 24.3 Å². The maximum Gasteiger partial charge on any atom is 0.226 e. The monoisotopic (exact) mass is 333 g/mol. The SMILES string of the molecule is CC(C)(CO)CCCNC(=O)Cc1csc(-c2ccccn2)n1. The molecule has 0 spiro atoms. The second-order valence-electron chi connectivity index (χ2n) is 6.31. The molecule has 2 rings (SSSR count). The van der Waals surface area contributed by atoms with Crippen LogP contribution in [0.2, 0.25) is 0 Å². The Morgan fingerprint density at radius 1 is 1.39 bits per heavy atom. The van der Waals surface area contributed by atoms with E-state index in [1.165, 1.54) is 11.3 Å². The molecular formula is C17H23N3O2S. The van der Waals surface area contributed by atoms with Gasteiger partial charge in [-0.1, -0.05) is 19.9 Å². The van der Waals surface area contributed by atoms with Crippen molar-refractivity contribution in [2.45, 2.75) is 33.1 Å². The molecule has 0 saturated carbocycles. The molecule has 0 bridgehead atoms. The molecular weight excluding hydrogens is 310 g/mol. The second kappa shape index (κ2) is 8.17. The summed E-state index contributed by atoms with van der Waals surface area (Å²) >= 11 is 1.50. The van der Waals surface area contributed by atoms with Crippen LogP contribution in [0.25, 0.3) is 10.7 Å². The summed E-state index contributed by atoms with van der Waals surface area (Å²) in [6.45, 7) is 4.82. The fourth-order valence-corrected chi connectivity index (χ4v) is 2.89. The Morgan fingerprint density at radius 3 is 2.91 bits per heavy atom. The van der Waals surface area contributed by atoms with E-state index in [9.17, 15) is 9.90 Å². The van der Waals surface area contributed by atoms with Gasteiger partial charge in [-0.3, -0.25) is 9.78 Å². The number of hydrogen-bond acceptors (Lipinski definition) is 5. The molecule has 0 saturated heterocycles. The zero-order valence-corrected chi connectivity index (χ0v) is 14.4. The molecule has 0 atom stereocenters. The van der Waals surface area contributed by atoms with Crippen LogP contribution >= 0.6 is 11.3 Å². The maximum absolute atomic E-state index is 11.9. The lowest BCUT2D eigenvalue weighted by Crippen LogP contribution is -2.27. The molecule has 0 fully saturated rings. The number of nitrogens with zero attached hydrogens (tertiary/aromatic N) is 2. The van der Waals surface area contributed by atoms with E-state index in [0.717, 1.165) is 29.2 Å². The molecule has 5 nitrogen and oxygen atoms in total. The Morgan fingerprint density at radius 2 is 2.22 bits per heavy atom. The largest absolute Gasteiger partial charge is 0.396 e. The molecule has 2 heterocycles. The molecule has 23 heavy (non-hydrogen) atoms. The average Bonchev–Trinajstić information content (AvgIpc) is 3.01. The summed E-state index contributed by atoms with van der Waals surface area (Å²) in [5.41, 5.74) is 1.51. The molecule has 124 valence electrons. The van der Waals surface area contributed by atoms with Crippen LogP contribution in [0.4, 0.5) is 0 Å². The van der Waals surface area contributed by atoms with Gasteiger partial charge in [-0.05, 0) is 30.4 Å². The number of carbonyl (C=O) groups excluding carboxylic acids is 1. The molecule has 0 radical (unpaired) electrons. The Hall–Kier alpha value is -1.79. The lowest BCUT2D eigenvalue weighted by molar-refractivity contribution is -0.120. The van der Waals surface area contributed by atoms with Gasteiger partial charge in [0.05, 0.1) is 17.8 Å². The quantitative estimate of drug-likeness (QED) is 0.728. The first-order chi connectivity index (χ1) is 11.0. The normalized spacial score (nSPS) is 11.4. The van der Waals surface area contributed by atoms with E-state index < -0.39 is 0 Å². The number of rotatable bonds is 8. The Labute approximate surface area is 140 Å². The Balaban J connectivity index is 1.77. The van der Waals surface area contributed by atoms with Gasteiger partial charge in [0.15, 0.2) is 0 Å². The van der Waals surface area contributed by atoms with Crippen molar-refractivity contribution in [1.29, 1.82) is 0 Å². The zero-order chi connectivity index (χ0) is 16.7. The van der Waals surface area contributed by atoms with Crippen LogP contribution in [-0.4, -0.2) is 34.1 Å². The number of thiazole rings is 1. The molecule has 2 N–H and O–H groups in total. The predicted molar refractivity (Wildman–Crippen MR) is 92.2 cm³/mol. The maximum atomic E-state index is 11.9. The highest BCUT2D eigenvalue weighted by Crippen LogP contribution is 2.22. The molecule has 0 unspecified atom stereocenters. The van der Waals surface area contributed by atoms with Gasteiger partial charge in [-0.25, -0.2) is 4.98 Å². The van der Waals surface area contributed by atoms with Crippen molar-refractivity contribution in [2.75, 3.05) is 13.2 Å². The van der Waals surface area contributed by atoms with Gasteiger partial charge >= 0.3 is 0 Å². The minimum Gasteiger partial charge on any atom is -0.396 e. The van der Waals surface area contributed by atoms with Crippen LogP contribution in [0.15, 0.2) is 29.8 Å². The third-order valence-corrected chi connectivity index (χ3v) is 4.47. The molecule has 2 aromatic rings. The summed E-state index contributed by atoms with van der Waals surface area (Å²) in [7, 11) is 0. The van der Waals surface area contributed by atoms with Crippen LogP contribution in [0.1, 0.15) is 32.4 Å². The molecule has 0 aliphatic rings. The fourth-order valence-electron chi connectivity index (χ4n) is 2.10. The van der Waals surface area contributed by atoms with Crippen LogP contribution < -0.4 is 5.32 Å². The minimum absolute atomic E-state index is 0.0234. The molecule has 6 heteroatoms. The standard InChI is InChI=1S/C17H23N3O2S/c1-17(2,12-21)7-5-9-19-15(22)10-13-11-23-16(20-13)14-6-3-4-8-18-14/h3-4,6,8,11,21H,5,7,9-10,12H2,1-2H3,(H,19,22). The lowest BCUT2D eigenvalue weighted by atomic mass is 9.89. The summed E-state index contributed by atoms with van der Waals surface area (Å²) in [6, 6.07) is 5.69. The molecule has 2 aromatic heterocycles. The van der Waals surface area contributed by atoms with E-state index >= 15 is 0 Å². The van der Waals surface area contributed by atoms with Crippen LogP contribution in [0.3, 0.4) is 0 Å². The van der Waals surface area contributed by atoms with E-state index in [0.29, 0.717) is 6.54 Å². The summed E-state index contributed by atoms with van der Waals surface area (Å²) in [5.74, 6) is -0.0234. The molecule has 1 amide bonds. The van der Waals surface area contributed by atoms with Crippen molar-refractivity contribution < 1.29 is 9.90 Å². The third-order valence-electron chi connectivity index (χ3n) is 3.56. The van der Waals surface area contributed by atoms with E-state index in [4.69, 9.17) is 0 Å². The summed E-state index contributed by atoms with van der Waals surface area (Å²) in [5, 5.41) is 14.8. The first-order valence-electron chi connectivity index (χ1n) is 7.73. The van der Waals surface area contributed by atoms with E-state index in [1.54, 1.807) is 6.20 Å². The highest BCUT2D eigenvalue weighted by molar-refractivity contribution is 7.13. The van der Waals surface area contributed by atoms with Gasteiger partial charge in [0.2, 0.25) is 5.91 Å². The average molecular weight is 333 g/mol. The van der Waals surface area contributed by atoms with Crippen molar-refractivity contribution in [3.05, 3.63) is 35.5 Å². The van der Waals surface area contributed by atoms with Crippen LogP contribution in [0, 0.1) is 5.41 Å². The summed E-state index contributed by atoms with van der Waals surface area (Å²) < 4.78 is 0. The van der Waals surface area contributed by atoms with Gasteiger partial charge in [0, 0.05) is 24.7 Å². The van der Waals surface area contributed by atoms with Crippen molar-refractivity contribution in [2.24, 2.45) is 5.41 Å². The van der Waals surface area contributed by atoms with Crippen LogP contribution in [0.5, 0.6) is 0 Å².